The molecular weight excluding hydrogens is 462 g/mol. The molecule has 0 spiro atoms. The van der Waals surface area contributed by atoms with E-state index in [0.717, 1.165) is 13.3 Å². The minimum absolute atomic E-state index is 0.0490. The van der Waals surface area contributed by atoms with E-state index in [1.807, 2.05) is 0 Å². The molecule has 1 saturated heterocycles. The predicted molar refractivity (Wildman–Crippen MR) is 96.2 cm³/mol. The molecule has 0 saturated carbocycles. The number of thioether (sulfide) groups is 1. The highest BCUT2D eigenvalue weighted by Crippen LogP contribution is 2.32. The summed E-state index contributed by atoms with van der Waals surface area (Å²) >= 11 is 9.81. The molecule has 0 aromatic carbocycles. The van der Waals surface area contributed by atoms with Crippen LogP contribution in [0.25, 0.3) is 0 Å². The van der Waals surface area contributed by atoms with Gasteiger partial charge in [-0.25, -0.2) is 8.42 Å². The molecule has 1 aliphatic heterocycles. The predicted octanol–water partition coefficient (Wildman–Crippen LogP) is 3.27. The van der Waals surface area contributed by atoms with Crippen LogP contribution < -0.4 is 0 Å². The summed E-state index contributed by atoms with van der Waals surface area (Å²) in [6.07, 6.45) is 0. The fourth-order valence-corrected chi connectivity index (χ4v) is 8.05. The summed E-state index contributed by atoms with van der Waals surface area (Å²) < 4.78 is 26.0. The zero-order valence-corrected chi connectivity index (χ0v) is 17.0. The molecule has 0 aliphatic carbocycles. The second-order valence-electron chi connectivity index (χ2n) is 4.61. The first-order chi connectivity index (χ1) is 9.85. The summed E-state index contributed by atoms with van der Waals surface area (Å²) in [5.41, 5.74) is 0.609. The molecule has 1 aromatic rings. The zero-order chi connectivity index (χ0) is 15.6. The number of carbonyl (C=O) groups excluding carboxylic acids is 1. The van der Waals surface area contributed by atoms with Crippen LogP contribution in [0, 0.1) is 0 Å². The fraction of sp³-hybridized carbons (Fsp3) is 0.583. The molecule has 0 radical (unpaired) electrons. The van der Waals surface area contributed by atoms with E-state index in [-0.39, 0.29) is 18.1 Å². The van der Waals surface area contributed by atoms with Crippen LogP contribution in [-0.2, 0) is 9.84 Å². The number of Topliss-reactive ketones (excluding diaryl/α,β-unsaturated/α-hetero) is 1. The Bertz CT molecular complexity index is 630. The highest BCUT2D eigenvalue weighted by molar-refractivity contribution is 9.12. The Hall–Kier alpha value is 0.590. The Morgan fingerprint density at radius 3 is 2.76 bits per heavy atom. The maximum absolute atomic E-state index is 12.4. The van der Waals surface area contributed by atoms with E-state index < -0.39 is 15.2 Å². The molecule has 0 bridgehead atoms. The summed E-state index contributed by atoms with van der Waals surface area (Å²) in [6.45, 7) is 2.43. The molecular formula is C12H15Br2NO3S3. The molecule has 0 N–H and O–H groups in total. The van der Waals surface area contributed by atoms with Crippen LogP contribution in [0.5, 0.6) is 0 Å². The smallest absolute Gasteiger partial charge is 0.178 e. The summed E-state index contributed by atoms with van der Waals surface area (Å²) in [7, 11) is -3.17. The Morgan fingerprint density at radius 2 is 2.19 bits per heavy atom. The number of nitrogens with zero attached hydrogens (tertiary/aromatic N) is 1. The van der Waals surface area contributed by atoms with E-state index in [1.165, 1.54) is 11.3 Å². The lowest BCUT2D eigenvalue weighted by atomic mass is 10.2. The van der Waals surface area contributed by atoms with Crippen LogP contribution in [0.1, 0.15) is 17.3 Å². The van der Waals surface area contributed by atoms with E-state index in [9.17, 15) is 13.2 Å². The van der Waals surface area contributed by atoms with Crippen LogP contribution in [-0.4, -0.2) is 54.8 Å². The van der Waals surface area contributed by atoms with Crippen molar-refractivity contribution in [1.82, 2.24) is 4.90 Å². The Balaban J connectivity index is 2.16. The highest BCUT2D eigenvalue weighted by Gasteiger charge is 2.34. The van der Waals surface area contributed by atoms with Crippen molar-refractivity contribution >= 4 is 70.6 Å². The second-order valence-corrected chi connectivity index (χ2v) is 12.0. The van der Waals surface area contributed by atoms with Gasteiger partial charge in [0, 0.05) is 29.4 Å². The average molecular weight is 477 g/mol. The molecule has 2 rings (SSSR count). The fourth-order valence-electron chi connectivity index (χ4n) is 2.12. The van der Waals surface area contributed by atoms with Crippen LogP contribution in [0.4, 0.5) is 0 Å². The van der Waals surface area contributed by atoms with Crippen LogP contribution in [0.15, 0.2) is 13.6 Å². The maximum Gasteiger partial charge on any atom is 0.178 e. The number of hydrogen-bond donors (Lipinski definition) is 0. The van der Waals surface area contributed by atoms with Gasteiger partial charge in [0.1, 0.15) is 5.37 Å². The topological polar surface area (TPSA) is 54.5 Å². The third kappa shape index (κ3) is 4.32. The van der Waals surface area contributed by atoms with Crippen LogP contribution in [0.3, 0.4) is 0 Å². The van der Waals surface area contributed by atoms with Crippen LogP contribution >= 0.6 is 55.0 Å². The summed E-state index contributed by atoms with van der Waals surface area (Å²) in [6, 6.07) is 1.78. The first-order valence-electron chi connectivity index (χ1n) is 6.36. The number of thiophene rings is 1. The minimum atomic E-state index is -3.17. The zero-order valence-electron chi connectivity index (χ0n) is 11.3. The average Bonchev–Trinajstić information content (AvgIpc) is 2.78. The van der Waals surface area contributed by atoms with Gasteiger partial charge < -0.3 is 0 Å². The normalized spacial score (nSPS) is 20.6. The third-order valence-electron chi connectivity index (χ3n) is 3.31. The van der Waals surface area contributed by atoms with E-state index >= 15 is 0 Å². The van der Waals surface area contributed by atoms with Crippen molar-refractivity contribution < 1.29 is 13.2 Å². The molecule has 1 atom stereocenters. The number of halogens is 2. The van der Waals surface area contributed by atoms with E-state index in [2.05, 4.69) is 31.9 Å². The molecule has 9 heteroatoms. The molecule has 0 amide bonds. The van der Waals surface area contributed by atoms with E-state index in [4.69, 9.17) is 0 Å². The van der Waals surface area contributed by atoms with Gasteiger partial charge in [0.05, 0.1) is 14.1 Å². The number of sulfone groups is 1. The minimum Gasteiger partial charge on any atom is -0.293 e. The lowest BCUT2D eigenvalue weighted by Gasteiger charge is -2.34. The van der Waals surface area contributed by atoms with Crippen molar-refractivity contribution in [3.05, 3.63) is 19.2 Å². The van der Waals surface area contributed by atoms with Crippen molar-refractivity contribution in [2.75, 3.05) is 30.3 Å². The molecule has 1 unspecified atom stereocenters. The van der Waals surface area contributed by atoms with Crippen molar-refractivity contribution in [2.24, 2.45) is 0 Å². The number of rotatable bonds is 5. The molecule has 1 aliphatic rings. The van der Waals surface area contributed by atoms with Gasteiger partial charge in [0.25, 0.3) is 0 Å². The largest absolute Gasteiger partial charge is 0.293 e. The molecule has 2 heterocycles. The molecule has 1 fully saturated rings. The Morgan fingerprint density at radius 1 is 1.48 bits per heavy atom. The lowest BCUT2D eigenvalue weighted by Crippen LogP contribution is -2.49. The van der Waals surface area contributed by atoms with Gasteiger partial charge >= 0.3 is 0 Å². The lowest BCUT2D eigenvalue weighted by molar-refractivity contribution is 0.0928. The van der Waals surface area contributed by atoms with Gasteiger partial charge in [-0.1, -0.05) is 6.92 Å². The molecule has 4 nitrogen and oxygen atoms in total. The molecule has 1 aromatic heterocycles. The summed E-state index contributed by atoms with van der Waals surface area (Å²) in [5, 5.41) is -0.550. The monoisotopic (exact) mass is 475 g/mol. The van der Waals surface area contributed by atoms with Crippen LogP contribution in [0.2, 0.25) is 0 Å². The molecule has 21 heavy (non-hydrogen) atoms. The van der Waals surface area contributed by atoms with Gasteiger partial charge in [0.15, 0.2) is 15.6 Å². The van der Waals surface area contributed by atoms with Crippen molar-refractivity contribution in [3.8, 4) is 0 Å². The first-order valence-corrected chi connectivity index (χ1v) is 11.6. The highest BCUT2D eigenvalue weighted by atomic mass is 79.9. The Labute approximate surface area is 149 Å². The maximum atomic E-state index is 12.4. The SMILES string of the molecule is CCS(=O)(=O)C1CSCCN1CC(=O)c1cc(Br)sc1Br. The van der Waals surface area contributed by atoms with Crippen molar-refractivity contribution in [3.63, 3.8) is 0 Å². The van der Waals surface area contributed by atoms with Crippen molar-refractivity contribution in [1.29, 1.82) is 0 Å². The standard InChI is InChI=1S/C12H15Br2NO3S3/c1-2-21(17,18)11-7-19-4-3-15(11)6-9(16)8-5-10(13)20-12(8)14/h5,11H,2-4,6-7H2,1H3. The number of carbonyl (C=O) groups is 1. The number of ketones is 1. The van der Waals surface area contributed by atoms with Gasteiger partial charge in [-0.15, -0.1) is 11.3 Å². The first kappa shape index (κ1) is 17.9. The number of hydrogen-bond acceptors (Lipinski definition) is 6. The summed E-state index contributed by atoms with van der Waals surface area (Å²) in [5.74, 6) is 1.46. The van der Waals surface area contributed by atoms with Gasteiger partial charge in [-0.2, -0.15) is 11.8 Å². The second kappa shape index (κ2) is 7.44. The van der Waals surface area contributed by atoms with E-state index in [0.29, 0.717) is 17.9 Å². The Kier molecular flexibility index (Phi) is 6.35. The quantitative estimate of drug-likeness (QED) is 0.610. The molecule has 118 valence electrons. The van der Waals surface area contributed by atoms with Crippen molar-refractivity contribution in [2.45, 2.75) is 12.3 Å². The third-order valence-corrected chi connectivity index (χ3v) is 8.98. The van der Waals surface area contributed by atoms with Gasteiger partial charge in [0.2, 0.25) is 0 Å². The van der Waals surface area contributed by atoms with E-state index in [1.54, 1.807) is 29.7 Å². The van der Waals surface area contributed by atoms with Gasteiger partial charge in [-0.3, -0.25) is 9.69 Å². The summed E-state index contributed by atoms with van der Waals surface area (Å²) in [4.78, 5) is 14.2. The van der Waals surface area contributed by atoms with Gasteiger partial charge in [-0.05, 0) is 37.9 Å².